The van der Waals surface area contributed by atoms with Crippen molar-refractivity contribution >= 4 is 5.91 Å². The van der Waals surface area contributed by atoms with Crippen LogP contribution in [-0.2, 0) is 4.79 Å². The fourth-order valence-electron chi connectivity index (χ4n) is 1.97. The molecule has 0 bridgehead atoms. The van der Waals surface area contributed by atoms with Crippen molar-refractivity contribution in [3.05, 3.63) is 29.8 Å². The van der Waals surface area contributed by atoms with Crippen LogP contribution in [-0.4, -0.2) is 25.6 Å². The molecule has 98 valence electrons. The molecule has 0 radical (unpaired) electrons. The number of ether oxygens (including phenoxy) is 1. The van der Waals surface area contributed by atoms with Crippen molar-refractivity contribution < 1.29 is 9.53 Å². The van der Waals surface area contributed by atoms with E-state index in [1.54, 1.807) is 7.11 Å². The van der Waals surface area contributed by atoms with Gasteiger partial charge >= 0.3 is 0 Å². The molecular formula is C14H20N2O2. The number of hydrogen-bond acceptors (Lipinski definition) is 3. The maximum absolute atomic E-state index is 11.8. The van der Waals surface area contributed by atoms with E-state index in [0.29, 0.717) is 19.0 Å². The van der Waals surface area contributed by atoms with E-state index in [4.69, 9.17) is 10.5 Å². The fraction of sp³-hybridized carbons (Fsp3) is 0.500. The third kappa shape index (κ3) is 3.47. The molecule has 4 nitrogen and oxygen atoms in total. The van der Waals surface area contributed by atoms with Gasteiger partial charge in [0, 0.05) is 18.4 Å². The second-order valence-corrected chi connectivity index (χ2v) is 4.76. The van der Waals surface area contributed by atoms with Gasteiger partial charge in [-0.2, -0.15) is 0 Å². The van der Waals surface area contributed by atoms with E-state index in [1.807, 2.05) is 24.3 Å². The van der Waals surface area contributed by atoms with Crippen molar-refractivity contribution in [2.45, 2.75) is 31.2 Å². The van der Waals surface area contributed by atoms with Gasteiger partial charge in [-0.15, -0.1) is 0 Å². The van der Waals surface area contributed by atoms with Gasteiger partial charge in [0.2, 0.25) is 5.91 Å². The van der Waals surface area contributed by atoms with Crippen LogP contribution in [0, 0.1) is 0 Å². The largest absolute Gasteiger partial charge is 0.497 e. The second-order valence-electron chi connectivity index (χ2n) is 4.76. The van der Waals surface area contributed by atoms with Crippen LogP contribution in [0.1, 0.15) is 30.7 Å². The summed E-state index contributed by atoms with van der Waals surface area (Å²) in [4.78, 5) is 11.8. The zero-order chi connectivity index (χ0) is 13.0. The number of carbonyl (C=O) groups excluding carboxylic acids is 1. The van der Waals surface area contributed by atoms with E-state index < -0.39 is 0 Å². The summed E-state index contributed by atoms with van der Waals surface area (Å²) < 4.78 is 5.19. The SMILES string of the molecule is COc1cccc(C(CN)CC(=O)NC2CC2)c1. The lowest BCUT2D eigenvalue weighted by atomic mass is 9.95. The number of hydrogen-bond donors (Lipinski definition) is 2. The van der Waals surface area contributed by atoms with Gasteiger partial charge in [-0.05, 0) is 37.1 Å². The molecule has 1 aromatic carbocycles. The summed E-state index contributed by atoms with van der Waals surface area (Å²) in [5.74, 6) is 0.947. The molecule has 0 spiro atoms. The van der Waals surface area contributed by atoms with Crippen LogP contribution < -0.4 is 15.8 Å². The second kappa shape index (κ2) is 5.87. The molecular weight excluding hydrogens is 228 g/mol. The Hall–Kier alpha value is -1.55. The monoisotopic (exact) mass is 248 g/mol. The predicted molar refractivity (Wildman–Crippen MR) is 70.6 cm³/mol. The van der Waals surface area contributed by atoms with E-state index in [2.05, 4.69) is 5.32 Å². The number of carbonyl (C=O) groups is 1. The van der Waals surface area contributed by atoms with E-state index >= 15 is 0 Å². The van der Waals surface area contributed by atoms with Crippen molar-refractivity contribution in [1.29, 1.82) is 0 Å². The number of nitrogens with one attached hydrogen (secondary N) is 1. The van der Waals surface area contributed by atoms with Gasteiger partial charge in [0.05, 0.1) is 7.11 Å². The van der Waals surface area contributed by atoms with E-state index in [1.165, 1.54) is 0 Å². The molecule has 1 aliphatic rings. The average molecular weight is 248 g/mol. The Balaban J connectivity index is 1.99. The van der Waals surface area contributed by atoms with Crippen LogP contribution in [0.3, 0.4) is 0 Å². The van der Waals surface area contributed by atoms with Crippen LogP contribution in [0.5, 0.6) is 5.75 Å². The van der Waals surface area contributed by atoms with Gasteiger partial charge in [0.25, 0.3) is 0 Å². The molecule has 0 aromatic heterocycles. The minimum absolute atomic E-state index is 0.0545. The number of rotatable bonds is 6. The van der Waals surface area contributed by atoms with Gasteiger partial charge < -0.3 is 15.8 Å². The molecule has 3 N–H and O–H groups in total. The first-order chi connectivity index (χ1) is 8.72. The normalized spacial score (nSPS) is 16.1. The molecule has 1 aromatic rings. The highest BCUT2D eigenvalue weighted by molar-refractivity contribution is 5.77. The lowest BCUT2D eigenvalue weighted by Gasteiger charge is -2.15. The maximum Gasteiger partial charge on any atom is 0.220 e. The zero-order valence-corrected chi connectivity index (χ0v) is 10.7. The summed E-state index contributed by atoms with van der Waals surface area (Å²) in [5.41, 5.74) is 6.83. The number of amides is 1. The Morgan fingerprint density at radius 1 is 1.56 bits per heavy atom. The number of methoxy groups -OCH3 is 1. The van der Waals surface area contributed by atoms with E-state index in [-0.39, 0.29) is 11.8 Å². The Labute approximate surface area is 108 Å². The van der Waals surface area contributed by atoms with Gasteiger partial charge in [0.15, 0.2) is 0 Å². The first kappa shape index (κ1) is 12.9. The summed E-state index contributed by atoms with van der Waals surface area (Å²) in [5, 5.41) is 2.99. The lowest BCUT2D eigenvalue weighted by molar-refractivity contribution is -0.121. The highest BCUT2D eigenvalue weighted by Gasteiger charge is 2.24. The number of nitrogens with two attached hydrogens (primary N) is 1. The molecule has 4 heteroatoms. The molecule has 1 aliphatic carbocycles. The number of benzene rings is 1. The molecule has 0 heterocycles. The molecule has 1 fully saturated rings. The third-order valence-corrected chi connectivity index (χ3v) is 3.22. The Morgan fingerprint density at radius 3 is 2.94 bits per heavy atom. The van der Waals surface area contributed by atoms with Crippen molar-refractivity contribution in [2.24, 2.45) is 5.73 Å². The molecule has 0 saturated heterocycles. The molecule has 0 aliphatic heterocycles. The first-order valence-corrected chi connectivity index (χ1v) is 6.36. The summed E-state index contributed by atoms with van der Waals surface area (Å²) in [7, 11) is 1.64. The first-order valence-electron chi connectivity index (χ1n) is 6.36. The van der Waals surface area contributed by atoms with Crippen LogP contribution in [0.2, 0.25) is 0 Å². The average Bonchev–Trinajstić information content (AvgIpc) is 3.20. The quantitative estimate of drug-likeness (QED) is 0.800. The molecule has 2 rings (SSSR count). The standard InChI is InChI=1S/C14H20N2O2/c1-18-13-4-2-3-10(7-13)11(9-15)8-14(17)16-12-5-6-12/h2-4,7,11-12H,5-6,8-9,15H2,1H3,(H,16,17). The molecule has 18 heavy (non-hydrogen) atoms. The minimum Gasteiger partial charge on any atom is -0.497 e. The Bertz CT molecular complexity index is 416. The van der Waals surface area contributed by atoms with E-state index in [0.717, 1.165) is 24.2 Å². The molecule has 1 saturated carbocycles. The summed E-state index contributed by atoms with van der Waals surface area (Å²) in [6.07, 6.45) is 2.66. The predicted octanol–water partition coefficient (Wildman–Crippen LogP) is 1.41. The van der Waals surface area contributed by atoms with Crippen molar-refractivity contribution in [2.75, 3.05) is 13.7 Å². The molecule has 1 amide bonds. The lowest BCUT2D eigenvalue weighted by Crippen LogP contribution is -2.28. The van der Waals surface area contributed by atoms with Crippen LogP contribution in [0.4, 0.5) is 0 Å². The van der Waals surface area contributed by atoms with Crippen LogP contribution >= 0.6 is 0 Å². The maximum atomic E-state index is 11.8. The summed E-state index contributed by atoms with van der Waals surface area (Å²) in [6.45, 7) is 0.464. The van der Waals surface area contributed by atoms with Crippen LogP contribution in [0.15, 0.2) is 24.3 Å². The zero-order valence-electron chi connectivity index (χ0n) is 10.7. The van der Waals surface area contributed by atoms with Crippen molar-refractivity contribution in [3.63, 3.8) is 0 Å². The van der Waals surface area contributed by atoms with Gasteiger partial charge in [0.1, 0.15) is 5.75 Å². The van der Waals surface area contributed by atoms with Crippen LogP contribution in [0.25, 0.3) is 0 Å². The minimum atomic E-state index is 0.0545. The topological polar surface area (TPSA) is 64.3 Å². The summed E-state index contributed by atoms with van der Waals surface area (Å²) >= 11 is 0. The van der Waals surface area contributed by atoms with Crippen molar-refractivity contribution in [1.82, 2.24) is 5.32 Å². The van der Waals surface area contributed by atoms with Gasteiger partial charge in [-0.3, -0.25) is 4.79 Å². The smallest absolute Gasteiger partial charge is 0.220 e. The Kier molecular flexibility index (Phi) is 4.20. The Morgan fingerprint density at radius 2 is 2.33 bits per heavy atom. The molecule has 1 unspecified atom stereocenters. The van der Waals surface area contributed by atoms with Crippen molar-refractivity contribution in [3.8, 4) is 5.75 Å². The highest BCUT2D eigenvalue weighted by atomic mass is 16.5. The van der Waals surface area contributed by atoms with E-state index in [9.17, 15) is 4.79 Å². The van der Waals surface area contributed by atoms with Gasteiger partial charge in [-0.1, -0.05) is 12.1 Å². The highest BCUT2D eigenvalue weighted by Crippen LogP contribution is 2.24. The molecule has 1 atom stereocenters. The van der Waals surface area contributed by atoms with Gasteiger partial charge in [-0.25, -0.2) is 0 Å². The summed E-state index contributed by atoms with van der Waals surface area (Å²) in [6, 6.07) is 8.16. The third-order valence-electron chi connectivity index (χ3n) is 3.22. The fourth-order valence-corrected chi connectivity index (χ4v) is 1.97.